The average molecular weight is 344 g/mol. The first-order chi connectivity index (χ1) is 10.4. The molecule has 0 aliphatic carbocycles. The first kappa shape index (κ1) is 19.3. The molecule has 0 aromatic heterocycles. The van der Waals surface area contributed by atoms with Gasteiger partial charge in [-0.1, -0.05) is 45.4 Å². The van der Waals surface area contributed by atoms with Crippen LogP contribution in [0.1, 0.15) is 46.1 Å². The molecule has 0 atom stereocenters. The summed E-state index contributed by atoms with van der Waals surface area (Å²) < 4.78 is 0. The maximum atomic E-state index is 11.5. The van der Waals surface area contributed by atoms with Gasteiger partial charge in [0.15, 0.2) is 0 Å². The van der Waals surface area contributed by atoms with Crippen molar-refractivity contribution in [2.75, 3.05) is 6.54 Å². The van der Waals surface area contributed by atoms with Gasteiger partial charge >= 0.3 is 5.97 Å². The van der Waals surface area contributed by atoms with Crippen LogP contribution in [0.4, 0.5) is 0 Å². The smallest absolute Gasteiger partial charge is 0.310 e. The predicted molar refractivity (Wildman–Crippen MR) is 94.8 cm³/mol. The Morgan fingerprint density at radius 3 is 2.50 bits per heavy atom. The molecule has 124 valence electrons. The summed E-state index contributed by atoms with van der Waals surface area (Å²) in [5.74, 6) is -0.735. The van der Waals surface area contributed by atoms with Crippen LogP contribution in [-0.4, -0.2) is 22.9 Å². The topological polar surface area (TPSA) is 49.3 Å². The Morgan fingerprint density at radius 1 is 1.36 bits per heavy atom. The fraction of sp³-hybridized carbons (Fsp3) is 0.588. The van der Waals surface area contributed by atoms with Gasteiger partial charge in [-0.2, -0.15) is 0 Å². The van der Waals surface area contributed by atoms with Crippen LogP contribution in [0.2, 0.25) is 5.02 Å². The van der Waals surface area contributed by atoms with Crippen molar-refractivity contribution in [2.24, 2.45) is 5.41 Å². The standard InChI is InChI=1S/C17H26ClNO2S/c1-5-17(6-2,16(20)21)11-19-10-13-14(18)8-7-9-15(13)22-12(3)4/h7-9,12,19H,5-6,10-11H2,1-4H3,(H,20,21). The molecule has 0 bridgehead atoms. The van der Waals surface area contributed by atoms with E-state index in [0.717, 1.165) is 15.5 Å². The maximum Gasteiger partial charge on any atom is 0.310 e. The minimum absolute atomic E-state index is 0.451. The van der Waals surface area contributed by atoms with Gasteiger partial charge in [0.05, 0.1) is 5.41 Å². The number of hydrogen-bond donors (Lipinski definition) is 2. The Labute approximate surface area is 142 Å². The van der Waals surface area contributed by atoms with E-state index in [-0.39, 0.29) is 0 Å². The summed E-state index contributed by atoms with van der Waals surface area (Å²) in [6.45, 7) is 9.18. The quantitative estimate of drug-likeness (QED) is 0.631. The molecule has 2 N–H and O–H groups in total. The summed E-state index contributed by atoms with van der Waals surface area (Å²) in [6, 6.07) is 5.90. The van der Waals surface area contributed by atoms with Crippen LogP contribution in [0.15, 0.2) is 23.1 Å². The van der Waals surface area contributed by atoms with Crippen molar-refractivity contribution in [2.45, 2.75) is 57.2 Å². The molecule has 22 heavy (non-hydrogen) atoms. The van der Waals surface area contributed by atoms with Crippen LogP contribution < -0.4 is 5.32 Å². The van der Waals surface area contributed by atoms with Gasteiger partial charge in [-0.3, -0.25) is 4.79 Å². The number of thioether (sulfide) groups is 1. The highest BCUT2D eigenvalue weighted by Gasteiger charge is 2.34. The zero-order valence-corrected chi connectivity index (χ0v) is 15.4. The Bertz CT molecular complexity index is 501. The molecule has 0 heterocycles. The van der Waals surface area contributed by atoms with Crippen molar-refractivity contribution < 1.29 is 9.90 Å². The molecule has 0 saturated carbocycles. The first-order valence-electron chi connectivity index (χ1n) is 7.74. The van der Waals surface area contributed by atoms with Gasteiger partial charge in [-0.15, -0.1) is 11.8 Å². The second-order valence-corrected chi connectivity index (χ2v) is 7.80. The minimum atomic E-state index is -0.735. The summed E-state index contributed by atoms with van der Waals surface area (Å²) in [4.78, 5) is 12.7. The van der Waals surface area contributed by atoms with Crippen LogP contribution in [0, 0.1) is 5.41 Å². The average Bonchev–Trinajstić information content (AvgIpc) is 2.45. The molecule has 0 fully saturated rings. The van der Waals surface area contributed by atoms with Crippen molar-refractivity contribution in [3.63, 3.8) is 0 Å². The molecule has 0 spiro atoms. The number of benzene rings is 1. The second-order valence-electron chi connectivity index (χ2n) is 5.78. The van der Waals surface area contributed by atoms with Gasteiger partial charge < -0.3 is 10.4 Å². The number of carboxylic acid groups (broad SMARTS) is 1. The normalized spacial score (nSPS) is 11.9. The number of aliphatic carboxylic acids is 1. The lowest BCUT2D eigenvalue weighted by Crippen LogP contribution is -2.40. The molecule has 3 nitrogen and oxygen atoms in total. The Kier molecular flexibility index (Phi) is 7.74. The Hall–Kier alpha value is -0.710. The molecule has 0 amide bonds. The van der Waals surface area contributed by atoms with Crippen molar-refractivity contribution in [1.29, 1.82) is 0 Å². The molecule has 1 aromatic rings. The maximum absolute atomic E-state index is 11.5. The molecular formula is C17H26ClNO2S. The van der Waals surface area contributed by atoms with E-state index in [0.29, 0.717) is 31.2 Å². The van der Waals surface area contributed by atoms with E-state index >= 15 is 0 Å². The van der Waals surface area contributed by atoms with E-state index in [1.165, 1.54) is 0 Å². The highest BCUT2D eigenvalue weighted by atomic mass is 35.5. The third-order valence-corrected chi connectivity index (χ3v) is 5.47. The van der Waals surface area contributed by atoms with Gasteiger partial charge in [0.1, 0.15) is 0 Å². The number of halogens is 1. The molecule has 0 radical (unpaired) electrons. The van der Waals surface area contributed by atoms with Gasteiger partial charge in [0, 0.05) is 28.3 Å². The van der Waals surface area contributed by atoms with Crippen LogP contribution in [0.3, 0.4) is 0 Å². The van der Waals surface area contributed by atoms with Crippen LogP contribution in [-0.2, 0) is 11.3 Å². The van der Waals surface area contributed by atoms with E-state index in [4.69, 9.17) is 11.6 Å². The number of rotatable bonds is 9. The van der Waals surface area contributed by atoms with E-state index in [2.05, 4.69) is 25.2 Å². The first-order valence-corrected chi connectivity index (χ1v) is 9.00. The molecule has 5 heteroatoms. The van der Waals surface area contributed by atoms with Crippen LogP contribution in [0.5, 0.6) is 0 Å². The zero-order chi connectivity index (χ0) is 16.8. The summed E-state index contributed by atoms with van der Waals surface area (Å²) in [7, 11) is 0. The highest BCUT2D eigenvalue weighted by Crippen LogP contribution is 2.32. The van der Waals surface area contributed by atoms with Crippen molar-refractivity contribution in [1.82, 2.24) is 5.32 Å². The molecular weight excluding hydrogens is 318 g/mol. The fourth-order valence-electron chi connectivity index (χ4n) is 2.38. The molecule has 0 saturated heterocycles. The van der Waals surface area contributed by atoms with Crippen molar-refractivity contribution in [3.8, 4) is 0 Å². The van der Waals surface area contributed by atoms with E-state index in [9.17, 15) is 9.90 Å². The summed E-state index contributed by atoms with van der Waals surface area (Å²) in [5, 5.41) is 14.0. The van der Waals surface area contributed by atoms with E-state index in [1.807, 2.05) is 26.0 Å². The molecule has 1 rings (SSSR count). The third kappa shape index (κ3) is 4.90. The summed E-state index contributed by atoms with van der Waals surface area (Å²) in [5.41, 5.74) is 0.349. The second kappa shape index (κ2) is 8.80. The van der Waals surface area contributed by atoms with Crippen LogP contribution >= 0.6 is 23.4 Å². The Balaban J connectivity index is 2.82. The third-order valence-electron chi connectivity index (χ3n) is 4.01. The van der Waals surface area contributed by atoms with Gasteiger partial charge in [-0.25, -0.2) is 0 Å². The number of hydrogen-bond acceptors (Lipinski definition) is 3. The van der Waals surface area contributed by atoms with Gasteiger partial charge in [0.25, 0.3) is 0 Å². The SMILES string of the molecule is CCC(CC)(CNCc1c(Cl)cccc1SC(C)C)C(=O)O. The number of carbonyl (C=O) groups is 1. The molecule has 1 aromatic carbocycles. The van der Waals surface area contributed by atoms with Gasteiger partial charge in [0.2, 0.25) is 0 Å². The zero-order valence-electron chi connectivity index (χ0n) is 13.8. The van der Waals surface area contributed by atoms with Crippen molar-refractivity contribution in [3.05, 3.63) is 28.8 Å². The van der Waals surface area contributed by atoms with Crippen molar-refractivity contribution >= 4 is 29.3 Å². The lowest BCUT2D eigenvalue weighted by Gasteiger charge is -2.27. The number of nitrogens with one attached hydrogen (secondary N) is 1. The van der Waals surface area contributed by atoms with E-state index in [1.54, 1.807) is 11.8 Å². The lowest BCUT2D eigenvalue weighted by molar-refractivity contribution is -0.149. The lowest BCUT2D eigenvalue weighted by atomic mass is 9.82. The van der Waals surface area contributed by atoms with E-state index < -0.39 is 11.4 Å². The minimum Gasteiger partial charge on any atom is -0.481 e. The van der Waals surface area contributed by atoms with Gasteiger partial charge in [-0.05, 0) is 30.5 Å². The Morgan fingerprint density at radius 2 is 2.00 bits per heavy atom. The summed E-state index contributed by atoms with van der Waals surface area (Å²) >= 11 is 8.10. The predicted octanol–water partition coefficient (Wildman–Crippen LogP) is 4.82. The van der Waals surface area contributed by atoms with Crippen LogP contribution in [0.25, 0.3) is 0 Å². The molecule has 0 unspecified atom stereocenters. The summed E-state index contributed by atoms with van der Waals surface area (Å²) in [6.07, 6.45) is 1.23. The largest absolute Gasteiger partial charge is 0.481 e. The molecule has 0 aliphatic rings. The highest BCUT2D eigenvalue weighted by molar-refractivity contribution is 8.00. The fourth-order valence-corrected chi connectivity index (χ4v) is 3.67. The number of carboxylic acids is 1. The molecule has 0 aliphatic heterocycles. The monoisotopic (exact) mass is 343 g/mol.